The van der Waals surface area contributed by atoms with Crippen molar-refractivity contribution >= 4 is 0 Å². The van der Waals surface area contributed by atoms with Gasteiger partial charge in [-0.2, -0.15) is 5.10 Å². The van der Waals surface area contributed by atoms with Crippen molar-refractivity contribution in [1.29, 1.82) is 0 Å². The Morgan fingerprint density at radius 2 is 1.81 bits per heavy atom. The van der Waals surface area contributed by atoms with Gasteiger partial charge in [-0.15, -0.1) is 0 Å². The minimum Gasteiger partial charge on any atom is -0.487 e. The number of aromatic amines is 1. The molecule has 0 atom stereocenters. The summed E-state index contributed by atoms with van der Waals surface area (Å²) in [6.07, 6.45) is 3.71. The normalized spacial score (nSPS) is 11.1. The molecule has 0 radical (unpaired) electrons. The van der Waals surface area contributed by atoms with Gasteiger partial charge >= 0.3 is 0 Å². The molecule has 4 rings (SSSR count). The lowest BCUT2D eigenvalue weighted by Crippen LogP contribution is -2.19. The third kappa shape index (κ3) is 6.25. The van der Waals surface area contributed by atoms with Crippen molar-refractivity contribution in [3.8, 4) is 17.0 Å². The lowest BCUT2D eigenvalue weighted by molar-refractivity contribution is 0.300. The molecule has 1 N–H and O–H groups in total. The van der Waals surface area contributed by atoms with Crippen LogP contribution in [0, 0.1) is 5.82 Å². The quantitative estimate of drug-likeness (QED) is 0.373. The second-order valence-electron chi connectivity index (χ2n) is 7.88. The molecular weight excluding hydrogens is 403 g/mol. The maximum atomic E-state index is 13.1. The Balaban J connectivity index is 1.19. The van der Waals surface area contributed by atoms with E-state index in [1.54, 1.807) is 18.3 Å². The van der Waals surface area contributed by atoms with Gasteiger partial charge in [-0.1, -0.05) is 18.2 Å². The highest BCUT2D eigenvalue weighted by Crippen LogP contribution is 2.19. The van der Waals surface area contributed by atoms with Gasteiger partial charge in [-0.3, -0.25) is 10.1 Å². The largest absolute Gasteiger partial charge is 0.487 e. The third-order valence-corrected chi connectivity index (χ3v) is 5.25. The molecule has 0 bridgehead atoms. The monoisotopic (exact) mass is 430 g/mol. The SMILES string of the molecule is CN(CCCc1cc(-c2ccc(F)cc2)n[nH]1)Cc1ccc(OCc2ccccn2)cc1. The maximum Gasteiger partial charge on any atom is 0.130 e. The van der Waals surface area contributed by atoms with Crippen LogP contribution in [-0.2, 0) is 19.6 Å². The topological polar surface area (TPSA) is 54.0 Å². The van der Waals surface area contributed by atoms with E-state index >= 15 is 0 Å². The summed E-state index contributed by atoms with van der Waals surface area (Å²) in [5, 5.41) is 7.44. The summed E-state index contributed by atoms with van der Waals surface area (Å²) >= 11 is 0. The van der Waals surface area contributed by atoms with Crippen molar-refractivity contribution in [2.75, 3.05) is 13.6 Å². The second-order valence-corrected chi connectivity index (χ2v) is 7.88. The fourth-order valence-corrected chi connectivity index (χ4v) is 3.52. The minimum atomic E-state index is -0.237. The van der Waals surface area contributed by atoms with Gasteiger partial charge < -0.3 is 9.64 Å². The molecule has 0 saturated heterocycles. The van der Waals surface area contributed by atoms with E-state index in [0.29, 0.717) is 6.61 Å². The first-order valence-corrected chi connectivity index (χ1v) is 10.8. The highest BCUT2D eigenvalue weighted by Gasteiger charge is 2.06. The Labute approximate surface area is 187 Å². The molecule has 2 aromatic heterocycles. The van der Waals surface area contributed by atoms with E-state index in [1.165, 1.54) is 17.7 Å². The smallest absolute Gasteiger partial charge is 0.130 e. The average Bonchev–Trinajstić information content (AvgIpc) is 3.29. The number of rotatable bonds is 10. The van der Waals surface area contributed by atoms with Crippen LogP contribution in [0.3, 0.4) is 0 Å². The molecule has 0 aliphatic carbocycles. The molecule has 32 heavy (non-hydrogen) atoms. The number of H-pyrrole nitrogens is 1. The van der Waals surface area contributed by atoms with E-state index in [4.69, 9.17) is 4.74 Å². The van der Waals surface area contributed by atoms with Crippen LogP contribution < -0.4 is 4.74 Å². The van der Waals surface area contributed by atoms with Crippen LogP contribution in [0.15, 0.2) is 79.0 Å². The number of benzene rings is 2. The fourth-order valence-electron chi connectivity index (χ4n) is 3.52. The lowest BCUT2D eigenvalue weighted by atomic mass is 10.1. The Morgan fingerprint density at radius 1 is 1.00 bits per heavy atom. The molecule has 2 heterocycles. The highest BCUT2D eigenvalue weighted by atomic mass is 19.1. The predicted octanol–water partition coefficient (Wildman–Crippen LogP) is 5.25. The van der Waals surface area contributed by atoms with Crippen LogP contribution in [0.1, 0.15) is 23.4 Å². The minimum absolute atomic E-state index is 0.237. The van der Waals surface area contributed by atoms with Gasteiger partial charge in [0.2, 0.25) is 0 Å². The number of aromatic nitrogens is 3. The number of pyridine rings is 1. The Hall–Kier alpha value is -3.51. The van der Waals surface area contributed by atoms with Crippen LogP contribution in [0.4, 0.5) is 4.39 Å². The first-order valence-electron chi connectivity index (χ1n) is 10.8. The summed E-state index contributed by atoms with van der Waals surface area (Å²) in [7, 11) is 2.13. The van der Waals surface area contributed by atoms with Gasteiger partial charge in [0, 0.05) is 24.0 Å². The zero-order valence-corrected chi connectivity index (χ0v) is 18.2. The molecule has 0 fully saturated rings. The standard InChI is InChI=1S/C26H27FN4O/c1-31(16-4-6-23-17-26(30-29-23)21-9-11-22(27)12-10-21)18-20-7-13-25(14-8-20)32-19-24-5-2-3-15-28-24/h2-3,5,7-15,17H,4,6,16,18-19H2,1H3,(H,29,30). The number of ether oxygens (including phenoxy) is 1. The summed E-state index contributed by atoms with van der Waals surface area (Å²) < 4.78 is 18.9. The lowest BCUT2D eigenvalue weighted by Gasteiger charge is -2.16. The molecule has 4 aromatic rings. The van der Waals surface area contributed by atoms with Crippen LogP contribution in [0.2, 0.25) is 0 Å². The van der Waals surface area contributed by atoms with Crippen molar-refractivity contribution in [3.05, 3.63) is 102 Å². The summed E-state index contributed by atoms with van der Waals surface area (Å²) in [6.45, 7) is 2.32. The van der Waals surface area contributed by atoms with E-state index in [0.717, 1.165) is 54.3 Å². The third-order valence-electron chi connectivity index (χ3n) is 5.25. The van der Waals surface area contributed by atoms with Gasteiger partial charge in [-0.25, -0.2) is 4.39 Å². The number of halogens is 1. The fraction of sp³-hybridized carbons (Fsp3) is 0.231. The summed E-state index contributed by atoms with van der Waals surface area (Å²) in [5.74, 6) is 0.609. The number of nitrogens with one attached hydrogen (secondary N) is 1. The highest BCUT2D eigenvalue weighted by molar-refractivity contribution is 5.58. The molecule has 0 unspecified atom stereocenters. The molecule has 164 valence electrons. The molecule has 0 aliphatic heterocycles. The van der Waals surface area contributed by atoms with E-state index < -0.39 is 0 Å². The number of hydrogen-bond acceptors (Lipinski definition) is 4. The van der Waals surface area contributed by atoms with Gasteiger partial charge in [0.15, 0.2) is 0 Å². The van der Waals surface area contributed by atoms with Crippen molar-refractivity contribution in [3.63, 3.8) is 0 Å². The van der Waals surface area contributed by atoms with Crippen LogP contribution in [0.5, 0.6) is 5.75 Å². The van der Waals surface area contributed by atoms with Crippen LogP contribution in [-0.4, -0.2) is 33.7 Å². The van der Waals surface area contributed by atoms with E-state index in [1.807, 2.05) is 36.4 Å². The average molecular weight is 431 g/mol. The molecule has 0 amide bonds. The Bertz CT molecular complexity index is 1090. The van der Waals surface area contributed by atoms with Gasteiger partial charge in [-0.05, 0) is 86.6 Å². The molecular formula is C26H27FN4O. The molecule has 0 saturated carbocycles. The molecule has 5 nitrogen and oxygen atoms in total. The Kier molecular flexibility index (Phi) is 7.25. The Morgan fingerprint density at radius 3 is 2.56 bits per heavy atom. The number of aryl methyl sites for hydroxylation is 1. The van der Waals surface area contributed by atoms with Crippen LogP contribution >= 0.6 is 0 Å². The summed E-state index contributed by atoms with van der Waals surface area (Å²) in [5.41, 5.74) is 5.01. The van der Waals surface area contributed by atoms with Crippen molar-refractivity contribution in [2.45, 2.75) is 26.0 Å². The predicted molar refractivity (Wildman–Crippen MR) is 124 cm³/mol. The summed E-state index contributed by atoms with van der Waals surface area (Å²) in [6, 6.07) is 22.5. The molecule has 6 heteroatoms. The maximum absolute atomic E-state index is 13.1. The van der Waals surface area contributed by atoms with Crippen molar-refractivity contribution in [2.24, 2.45) is 0 Å². The second kappa shape index (κ2) is 10.7. The van der Waals surface area contributed by atoms with E-state index in [2.05, 4.69) is 39.3 Å². The first-order chi connectivity index (χ1) is 15.7. The zero-order valence-electron chi connectivity index (χ0n) is 18.2. The van der Waals surface area contributed by atoms with Gasteiger partial charge in [0.25, 0.3) is 0 Å². The number of hydrogen-bond donors (Lipinski definition) is 1. The van der Waals surface area contributed by atoms with Gasteiger partial charge in [0.05, 0.1) is 11.4 Å². The summed E-state index contributed by atoms with van der Waals surface area (Å²) in [4.78, 5) is 6.58. The van der Waals surface area contributed by atoms with Crippen molar-refractivity contribution < 1.29 is 9.13 Å². The first kappa shape index (κ1) is 21.7. The molecule has 0 aliphatic rings. The van der Waals surface area contributed by atoms with E-state index in [9.17, 15) is 4.39 Å². The van der Waals surface area contributed by atoms with Crippen molar-refractivity contribution in [1.82, 2.24) is 20.1 Å². The molecule has 2 aromatic carbocycles. The van der Waals surface area contributed by atoms with Gasteiger partial charge in [0.1, 0.15) is 18.2 Å². The van der Waals surface area contributed by atoms with Crippen LogP contribution in [0.25, 0.3) is 11.3 Å². The van der Waals surface area contributed by atoms with E-state index in [-0.39, 0.29) is 5.82 Å². The number of nitrogens with zero attached hydrogens (tertiary/aromatic N) is 3. The molecule has 0 spiro atoms. The zero-order chi connectivity index (χ0) is 22.2.